The van der Waals surface area contributed by atoms with Crippen LogP contribution in [0, 0.1) is 0 Å². The zero-order valence-electron chi connectivity index (χ0n) is 18.4. The van der Waals surface area contributed by atoms with E-state index in [1.807, 2.05) is 30.3 Å². The second-order valence-corrected chi connectivity index (χ2v) is 7.61. The fourth-order valence-electron chi connectivity index (χ4n) is 3.40. The Labute approximate surface area is 189 Å². The molecule has 1 aliphatic heterocycles. The van der Waals surface area contributed by atoms with Gasteiger partial charge in [0, 0.05) is 38.8 Å². The zero-order valence-corrected chi connectivity index (χ0v) is 19.2. The van der Waals surface area contributed by atoms with E-state index in [0.717, 1.165) is 62.1 Å². The Kier molecular flexibility index (Phi) is 8.75. The third kappa shape index (κ3) is 6.72. The molecular formula is C23H31N3O4S. The Hall–Kier alpha value is -2.55. The minimum atomic E-state index is 0.635. The van der Waals surface area contributed by atoms with Gasteiger partial charge in [-0.1, -0.05) is 12.1 Å². The number of hydrogen-bond acceptors (Lipinski definition) is 6. The monoisotopic (exact) mass is 445 g/mol. The van der Waals surface area contributed by atoms with Crippen molar-refractivity contribution >= 4 is 23.0 Å². The molecule has 7 nitrogen and oxygen atoms in total. The van der Waals surface area contributed by atoms with Crippen molar-refractivity contribution in [3.05, 3.63) is 48.0 Å². The normalized spacial score (nSPS) is 14.0. The van der Waals surface area contributed by atoms with Crippen molar-refractivity contribution in [2.75, 3.05) is 66.0 Å². The largest absolute Gasteiger partial charge is 0.497 e. The maximum atomic E-state index is 5.81. The van der Waals surface area contributed by atoms with Gasteiger partial charge in [-0.05, 0) is 42.0 Å². The maximum absolute atomic E-state index is 5.81. The average Bonchev–Trinajstić information content (AvgIpc) is 2.82. The van der Waals surface area contributed by atoms with Gasteiger partial charge in [0.05, 0.1) is 40.2 Å². The molecule has 1 heterocycles. The lowest BCUT2D eigenvalue weighted by atomic mass is 10.2. The minimum absolute atomic E-state index is 0.635. The molecule has 1 N–H and O–H groups in total. The minimum Gasteiger partial charge on any atom is -0.497 e. The number of rotatable bonds is 9. The number of thiocarbonyl (C=S) groups is 1. The van der Waals surface area contributed by atoms with E-state index in [1.54, 1.807) is 21.3 Å². The lowest BCUT2D eigenvalue weighted by Gasteiger charge is -2.31. The van der Waals surface area contributed by atoms with Crippen molar-refractivity contribution in [2.45, 2.75) is 6.54 Å². The van der Waals surface area contributed by atoms with Crippen molar-refractivity contribution in [2.24, 2.45) is 0 Å². The first-order valence-corrected chi connectivity index (χ1v) is 10.7. The van der Waals surface area contributed by atoms with Gasteiger partial charge in [0.15, 0.2) is 5.11 Å². The number of anilines is 1. The van der Waals surface area contributed by atoms with Crippen LogP contribution in [0.15, 0.2) is 42.5 Å². The lowest BCUT2D eigenvalue weighted by Crippen LogP contribution is -2.44. The Morgan fingerprint density at radius 2 is 1.68 bits per heavy atom. The predicted octanol–water partition coefficient (Wildman–Crippen LogP) is 3.24. The number of hydrogen-bond donors (Lipinski definition) is 1. The van der Waals surface area contributed by atoms with Crippen molar-refractivity contribution in [3.63, 3.8) is 0 Å². The van der Waals surface area contributed by atoms with Gasteiger partial charge in [0.2, 0.25) is 0 Å². The van der Waals surface area contributed by atoms with Gasteiger partial charge in [-0.15, -0.1) is 0 Å². The summed E-state index contributed by atoms with van der Waals surface area (Å²) < 4.78 is 21.6. The Morgan fingerprint density at radius 3 is 2.32 bits per heavy atom. The molecule has 0 atom stereocenters. The third-order valence-electron chi connectivity index (χ3n) is 5.26. The van der Waals surface area contributed by atoms with E-state index in [4.69, 9.17) is 31.2 Å². The smallest absolute Gasteiger partial charge is 0.173 e. The number of nitrogens with one attached hydrogen (secondary N) is 1. The summed E-state index contributed by atoms with van der Waals surface area (Å²) in [5.41, 5.74) is 1.93. The molecule has 0 aromatic heterocycles. The summed E-state index contributed by atoms with van der Waals surface area (Å²) in [6, 6.07) is 13.7. The molecule has 3 rings (SSSR count). The van der Waals surface area contributed by atoms with Crippen LogP contribution in [-0.4, -0.2) is 75.6 Å². The lowest BCUT2D eigenvalue weighted by molar-refractivity contribution is 0.0358. The van der Waals surface area contributed by atoms with Crippen LogP contribution < -0.4 is 19.5 Å². The molecule has 0 aliphatic carbocycles. The topological polar surface area (TPSA) is 55.4 Å². The number of morpholine rings is 1. The summed E-state index contributed by atoms with van der Waals surface area (Å²) in [4.78, 5) is 4.57. The van der Waals surface area contributed by atoms with E-state index in [-0.39, 0.29) is 0 Å². The molecule has 0 spiro atoms. The molecule has 0 unspecified atom stereocenters. The first-order chi connectivity index (χ1) is 15.1. The quantitative estimate of drug-likeness (QED) is 0.591. The summed E-state index contributed by atoms with van der Waals surface area (Å²) in [6.45, 7) is 5.85. The summed E-state index contributed by atoms with van der Waals surface area (Å²) in [6.07, 6.45) is 0. The fraction of sp³-hybridized carbons (Fsp3) is 0.435. The summed E-state index contributed by atoms with van der Waals surface area (Å²) in [5.74, 6) is 2.28. The van der Waals surface area contributed by atoms with E-state index in [9.17, 15) is 0 Å². The number of nitrogens with zero attached hydrogens (tertiary/aromatic N) is 2. The molecule has 0 amide bonds. The van der Waals surface area contributed by atoms with Crippen molar-refractivity contribution in [1.29, 1.82) is 0 Å². The van der Waals surface area contributed by atoms with Gasteiger partial charge in [0.25, 0.3) is 0 Å². The maximum Gasteiger partial charge on any atom is 0.173 e. The van der Waals surface area contributed by atoms with Crippen LogP contribution in [0.4, 0.5) is 5.69 Å². The van der Waals surface area contributed by atoms with Gasteiger partial charge < -0.3 is 29.2 Å². The highest BCUT2D eigenvalue weighted by Gasteiger charge is 2.17. The summed E-state index contributed by atoms with van der Waals surface area (Å²) >= 11 is 5.81. The van der Waals surface area contributed by atoms with Crippen LogP contribution in [0.3, 0.4) is 0 Å². The first kappa shape index (κ1) is 23.1. The van der Waals surface area contributed by atoms with E-state index in [1.165, 1.54) is 0 Å². The average molecular weight is 446 g/mol. The van der Waals surface area contributed by atoms with Gasteiger partial charge in [-0.25, -0.2) is 0 Å². The van der Waals surface area contributed by atoms with Gasteiger partial charge in [0.1, 0.15) is 17.2 Å². The van der Waals surface area contributed by atoms with Gasteiger partial charge in [-0.2, -0.15) is 0 Å². The van der Waals surface area contributed by atoms with Crippen LogP contribution in [0.25, 0.3) is 0 Å². The molecule has 0 saturated carbocycles. The van der Waals surface area contributed by atoms with E-state index in [2.05, 4.69) is 27.2 Å². The summed E-state index contributed by atoms with van der Waals surface area (Å²) in [7, 11) is 4.95. The van der Waals surface area contributed by atoms with Crippen LogP contribution in [0.1, 0.15) is 5.56 Å². The van der Waals surface area contributed by atoms with Gasteiger partial charge >= 0.3 is 0 Å². The van der Waals surface area contributed by atoms with Crippen molar-refractivity contribution in [1.82, 2.24) is 9.80 Å². The fourth-order valence-corrected chi connectivity index (χ4v) is 3.66. The number of methoxy groups -OCH3 is 3. The summed E-state index contributed by atoms with van der Waals surface area (Å²) in [5, 5.41) is 3.99. The number of ether oxygens (including phenoxy) is 4. The standard InChI is InChI=1S/C23H31N3O4S/c1-27-19-6-4-18(5-7-19)17-26(11-10-25-12-14-30-15-13-25)23(31)24-21-16-20(28-2)8-9-22(21)29-3/h4-9,16H,10-15,17H2,1-3H3,(H,24,31). The van der Waals surface area contributed by atoms with Crippen molar-refractivity contribution < 1.29 is 18.9 Å². The third-order valence-corrected chi connectivity index (χ3v) is 5.62. The second kappa shape index (κ2) is 11.7. The molecule has 1 fully saturated rings. The highest BCUT2D eigenvalue weighted by molar-refractivity contribution is 7.80. The zero-order chi connectivity index (χ0) is 22.1. The van der Waals surface area contributed by atoms with Crippen LogP contribution in [0.5, 0.6) is 17.2 Å². The van der Waals surface area contributed by atoms with Gasteiger partial charge in [-0.3, -0.25) is 4.90 Å². The van der Waals surface area contributed by atoms with E-state index < -0.39 is 0 Å². The molecular weight excluding hydrogens is 414 g/mol. The first-order valence-electron chi connectivity index (χ1n) is 10.3. The molecule has 0 bridgehead atoms. The Morgan fingerprint density at radius 1 is 1.00 bits per heavy atom. The van der Waals surface area contributed by atoms with Crippen molar-refractivity contribution in [3.8, 4) is 17.2 Å². The molecule has 168 valence electrons. The highest BCUT2D eigenvalue weighted by Crippen LogP contribution is 2.29. The van der Waals surface area contributed by atoms with Crippen LogP contribution >= 0.6 is 12.2 Å². The van der Waals surface area contributed by atoms with Crippen LogP contribution in [-0.2, 0) is 11.3 Å². The molecule has 8 heteroatoms. The molecule has 31 heavy (non-hydrogen) atoms. The Balaban J connectivity index is 1.74. The molecule has 1 saturated heterocycles. The number of benzene rings is 2. The molecule has 2 aromatic rings. The Bertz CT molecular complexity index is 841. The van der Waals surface area contributed by atoms with E-state index >= 15 is 0 Å². The SMILES string of the molecule is COc1ccc(CN(CCN2CCOCC2)C(=S)Nc2cc(OC)ccc2OC)cc1. The highest BCUT2D eigenvalue weighted by atomic mass is 32.1. The molecule has 0 radical (unpaired) electrons. The van der Waals surface area contributed by atoms with E-state index in [0.29, 0.717) is 17.4 Å². The predicted molar refractivity (Wildman–Crippen MR) is 126 cm³/mol. The molecule has 2 aromatic carbocycles. The van der Waals surface area contributed by atoms with Crippen LogP contribution in [0.2, 0.25) is 0 Å². The molecule has 1 aliphatic rings. The second-order valence-electron chi connectivity index (χ2n) is 7.22.